The average molecular weight is 460 g/mol. The van der Waals surface area contributed by atoms with Gasteiger partial charge in [0, 0.05) is 33.9 Å². The number of hydrogen-bond acceptors (Lipinski definition) is 4. The van der Waals surface area contributed by atoms with Gasteiger partial charge in [0.15, 0.2) is 5.72 Å². The third-order valence-electron chi connectivity index (χ3n) is 5.26. The van der Waals surface area contributed by atoms with Crippen LogP contribution in [-0.4, -0.2) is 20.1 Å². The van der Waals surface area contributed by atoms with Crippen molar-refractivity contribution in [3.63, 3.8) is 0 Å². The predicted octanol–water partition coefficient (Wildman–Crippen LogP) is 4.76. The third-order valence-corrected chi connectivity index (χ3v) is 5.98. The highest BCUT2D eigenvalue weighted by atomic mass is 79.9. The zero-order valence-electron chi connectivity index (χ0n) is 15.3. The molecule has 1 aliphatic rings. The molecule has 0 bridgehead atoms. The molecule has 0 fully saturated rings. The summed E-state index contributed by atoms with van der Waals surface area (Å²) in [7, 11) is 0. The molecule has 0 amide bonds. The number of halogens is 2. The van der Waals surface area contributed by atoms with Crippen LogP contribution in [0, 0.1) is 0 Å². The maximum atomic E-state index is 11.9. The summed E-state index contributed by atoms with van der Waals surface area (Å²) in [5, 5.41) is 23.5. The largest absolute Gasteiger partial charge is 0.374 e. The quantitative estimate of drug-likeness (QED) is 0.591. The van der Waals surface area contributed by atoms with Gasteiger partial charge >= 0.3 is 0 Å². The summed E-state index contributed by atoms with van der Waals surface area (Å²) >= 11 is 9.41. The molecule has 3 aromatic rings. The van der Waals surface area contributed by atoms with Gasteiger partial charge in [-0.1, -0.05) is 64.8 Å². The van der Waals surface area contributed by atoms with Gasteiger partial charge in [0.1, 0.15) is 6.23 Å². The fraction of sp³-hybridized carbons (Fsp3) is 0.227. The summed E-state index contributed by atoms with van der Waals surface area (Å²) < 4.78 is 0.848. The lowest BCUT2D eigenvalue weighted by Gasteiger charge is -2.36. The van der Waals surface area contributed by atoms with E-state index in [9.17, 15) is 10.2 Å². The second kappa shape index (κ2) is 7.58. The van der Waals surface area contributed by atoms with E-state index in [4.69, 9.17) is 11.6 Å². The van der Waals surface area contributed by atoms with Crippen molar-refractivity contribution in [3.8, 4) is 0 Å². The number of aromatic nitrogens is 1. The van der Waals surface area contributed by atoms with Crippen molar-refractivity contribution in [1.82, 2.24) is 9.88 Å². The Morgan fingerprint density at radius 3 is 2.54 bits per heavy atom. The molecule has 28 heavy (non-hydrogen) atoms. The van der Waals surface area contributed by atoms with Crippen molar-refractivity contribution < 1.29 is 10.2 Å². The first kappa shape index (κ1) is 19.6. The fourth-order valence-electron chi connectivity index (χ4n) is 3.73. The van der Waals surface area contributed by atoms with Crippen molar-refractivity contribution in [2.45, 2.75) is 31.8 Å². The summed E-state index contributed by atoms with van der Waals surface area (Å²) in [6.07, 6.45) is 1.52. The minimum Gasteiger partial charge on any atom is -0.374 e. The molecule has 0 saturated carbocycles. The number of pyridine rings is 1. The van der Waals surface area contributed by atoms with Crippen LogP contribution in [0.15, 0.2) is 65.3 Å². The van der Waals surface area contributed by atoms with E-state index in [0.29, 0.717) is 27.4 Å². The molecular weight excluding hydrogens is 440 g/mol. The van der Waals surface area contributed by atoms with Gasteiger partial charge in [-0.05, 0) is 36.2 Å². The highest BCUT2D eigenvalue weighted by Gasteiger charge is 2.50. The number of aliphatic hydroxyl groups is 2. The van der Waals surface area contributed by atoms with Crippen molar-refractivity contribution in [3.05, 3.63) is 98.2 Å². The lowest BCUT2D eigenvalue weighted by molar-refractivity contribution is -0.146. The van der Waals surface area contributed by atoms with E-state index in [1.165, 1.54) is 5.56 Å². The van der Waals surface area contributed by atoms with E-state index in [1.807, 2.05) is 42.5 Å². The summed E-state index contributed by atoms with van der Waals surface area (Å²) in [6.45, 7) is 2.35. The van der Waals surface area contributed by atoms with E-state index < -0.39 is 12.0 Å². The van der Waals surface area contributed by atoms with Crippen LogP contribution < -0.4 is 0 Å². The minimum atomic E-state index is -1.47. The van der Waals surface area contributed by atoms with Gasteiger partial charge in [0.2, 0.25) is 0 Å². The van der Waals surface area contributed by atoms with Crippen LogP contribution in [0.1, 0.15) is 41.1 Å². The van der Waals surface area contributed by atoms with Crippen molar-refractivity contribution >= 4 is 27.5 Å². The van der Waals surface area contributed by atoms with Crippen molar-refractivity contribution in [1.29, 1.82) is 0 Å². The molecule has 0 spiro atoms. The molecule has 2 atom stereocenters. The van der Waals surface area contributed by atoms with Crippen LogP contribution in [0.3, 0.4) is 0 Å². The number of aliphatic hydroxyl groups excluding tert-OH is 1. The Bertz CT molecular complexity index is 994. The van der Waals surface area contributed by atoms with E-state index >= 15 is 0 Å². The van der Waals surface area contributed by atoms with Crippen LogP contribution >= 0.6 is 27.5 Å². The molecule has 1 aromatic heterocycles. The first-order valence-electron chi connectivity index (χ1n) is 9.10. The van der Waals surface area contributed by atoms with Crippen LogP contribution in [0.25, 0.3) is 0 Å². The number of rotatable bonds is 4. The number of aryl methyl sites for hydroxylation is 1. The lowest BCUT2D eigenvalue weighted by atomic mass is 9.92. The highest BCUT2D eigenvalue weighted by molar-refractivity contribution is 9.10. The molecule has 4 nitrogen and oxygen atoms in total. The molecular formula is C22H20BrClN2O2. The van der Waals surface area contributed by atoms with Gasteiger partial charge < -0.3 is 10.2 Å². The third kappa shape index (κ3) is 3.27. The average Bonchev–Trinajstić information content (AvgIpc) is 2.92. The topological polar surface area (TPSA) is 56.6 Å². The molecule has 0 radical (unpaired) electrons. The Hall–Kier alpha value is -1.76. The fourth-order valence-corrected chi connectivity index (χ4v) is 4.22. The first-order valence-corrected chi connectivity index (χ1v) is 10.3. The minimum absolute atomic E-state index is 0.261. The maximum Gasteiger partial charge on any atom is 0.174 e. The zero-order valence-corrected chi connectivity index (χ0v) is 17.7. The summed E-state index contributed by atoms with van der Waals surface area (Å²) in [5.41, 5.74) is 2.47. The number of fused-ring (bicyclic) bond motifs is 1. The Morgan fingerprint density at radius 2 is 1.89 bits per heavy atom. The smallest absolute Gasteiger partial charge is 0.174 e. The molecule has 1 aliphatic heterocycles. The lowest BCUT2D eigenvalue weighted by Crippen LogP contribution is -2.43. The van der Waals surface area contributed by atoms with Gasteiger partial charge in [-0.25, -0.2) is 4.90 Å². The first-order chi connectivity index (χ1) is 13.4. The Kier molecular flexibility index (Phi) is 5.29. The molecule has 0 saturated heterocycles. The van der Waals surface area contributed by atoms with E-state index in [0.717, 1.165) is 10.9 Å². The molecule has 0 aliphatic carbocycles. The van der Waals surface area contributed by atoms with Gasteiger partial charge in [-0.3, -0.25) is 4.98 Å². The summed E-state index contributed by atoms with van der Waals surface area (Å²) in [6, 6.07) is 17.0. The highest BCUT2D eigenvalue weighted by Crippen LogP contribution is 2.48. The second-order valence-electron chi connectivity index (χ2n) is 6.92. The van der Waals surface area contributed by atoms with E-state index in [-0.39, 0.29) is 6.54 Å². The Labute approximate surface area is 177 Å². The Morgan fingerprint density at radius 1 is 1.14 bits per heavy atom. The van der Waals surface area contributed by atoms with Crippen LogP contribution in [0.2, 0.25) is 5.02 Å². The van der Waals surface area contributed by atoms with Gasteiger partial charge in [0.05, 0.1) is 10.7 Å². The van der Waals surface area contributed by atoms with E-state index in [1.54, 1.807) is 23.2 Å². The molecule has 4 rings (SSSR count). The molecule has 6 heteroatoms. The maximum absolute atomic E-state index is 11.9. The normalized spacial score (nSPS) is 21.7. The summed E-state index contributed by atoms with van der Waals surface area (Å²) in [4.78, 5) is 5.99. The molecule has 2 aromatic carbocycles. The van der Waals surface area contributed by atoms with Crippen LogP contribution in [0.5, 0.6) is 0 Å². The SMILES string of the molecule is CCc1ccc(C2(O)c3ccc(Br)cc3C(O)N2Cc2ccc(Cl)cn2)cc1. The van der Waals surface area contributed by atoms with Crippen LogP contribution in [-0.2, 0) is 18.7 Å². The second-order valence-corrected chi connectivity index (χ2v) is 8.28. The standard InChI is InChI=1S/C22H20BrClN2O2/c1-2-14-3-5-15(6-4-14)22(28)20-10-7-16(23)11-19(20)21(27)26(22)13-18-9-8-17(24)12-25-18/h3-12,21,27-28H,2,13H2,1H3. The Balaban J connectivity index is 1.83. The zero-order chi connectivity index (χ0) is 19.9. The van der Waals surface area contributed by atoms with Gasteiger partial charge in [-0.2, -0.15) is 0 Å². The predicted molar refractivity (Wildman–Crippen MR) is 113 cm³/mol. The van der Waals surface area contributed by atoms with Crippen LogP contribution in [0.4, 0.5) is 0 Å². The number of nitrogens with zero attached hydrogens (tertiary/aromatic N) is 2. The number of benzene rings is 2. The van der Waals surface area contributed by atoms with Gasteiger partial charge in [0.25, 0.3) is 0 Å². The van der Waals surface area contributed by atoms with Gasteiger partial charge in [-0.15, -0.1) is 0 Å². The van der Waals surface area contributed by atoms with E-state index in [2.05, 4.69) is 27.8 Å². The summed E-state index contributed by atoms with van der Waals surface area (Å²) in [5.74, 6) is 0. The number of hydrogen-bond donors (Lipinski definition) is 2. The monoisotopic (exact) mass is 458 g/mol. The molecule has 2 N–H and O–H groups in total. The van der Waals surface area contributed by atoms with Crippen molar-refractivity contribution in [2.24, 2.45) is 0 Å². The van der Waals surface area contributed by atoms with Crippen molar-refractivity contribution in [2.75, 3.05) is 0 Å². The molecule has 144 valence electrons. The molecule has 2 unspecified atom stereocenters. The molecule has 2 heterocycles.